The molecule has 0 spiro atoms. The lowest BCUT2D eigenvalue weighted by atomic mass is 9.76. The summed E-state index contributed by atoms with van der Waals surface area (Å²) in [5, 5.41) is 3.55. The summed E-state index contributed by atoms with van der Waals surface area (Å²) in [6.45, 7) is 1.93. The summed E-state index contributed by atoms with van der Waals surface area (Å²) in [5.41, 5.74) is 3.31. The van der Waals surface area contributed by atoms with E-state index in [0.717, 1.165) is 23.9 Å². The number of carbonyl (C=O) groups excluding carboxylic acids is 1. The molecular formula is C20H21N3O2. The second-order valence-electron chi connectivity index (χ2n) is 6.93. The van der Waals surface area contributed by atoms with Gasteiger partial charge in [0.15, 0.2) is 0 Å². The van der Waals surface area contributed by atoms with Crippen molar-refractivity contribution >= 4 is 16.8 Å². The summed E-state index contributed by atoms with van der Waals surface area (Å²) < 4.78 is 1.85. The lowest BCUT2D eigenvalue weighted by molar-refractivity contribution is 0.0910. The first-order valence-electron chi connectivity index (χ1n) is 8.57. The number of hydrogen-bond donors (Lipinski definition) is 2. The Balaban J connectivity index is 1.53. The normalized spacial score (nSPS) is 19.6. The summed E-state index contributed by atoms with van der Waals surface area (Å²) in [6.07, 6.45) is 5.31. The maximum absolute atomic E-state index is 12.7. The van der Waals surface area contributed by atoms with Crippen molar-refractivity contribution in [1.29, 1.82) is 0 Å². The number of benzene rings is 1. The summed E-state index contributed by atoms with van der Waals surface area (Å²) in [7, 11) is 1.86. The molecular weight excluding hydrogens is 314 g/mol. The maximum Gasteiger partial charge on any atom is 0.258 e. The van der Waals surface area contributed by atoms with E-state index in [1.54, 1.807) is 12.4 Å². The SMILES string of the molecule is Cc1c[nH]c(=O)c2c(C(=O)NC3CC(c4ccccc4)C3)cn(C)c12. The third-order valence-corrected chi connectivity index (χ3v) is 5.19. The second kappa shape index (κ2) is 5.92. The minimum atomic E-state index is -0.220. The Morgan fingerprint density at radius 1 is 1.24 bits per heavy atom. The quantitative estimate of drug-likeness (QED) is 0.773. The van der Waals surface area contributed by atoms with Crippen LogP contribution in [0.1, 0.15) is 40.2 Å². The molecule has 0 aliphatic heterocycles. The van der Waals surface area contributed by atoms with E-state index < -0.39 is 0 Å². The highest BCUT2D eigenvalue weighted by atomic mass is 16.2. The Kier molecular flexibility index (Phi) is 3.71. The molecule has 3 aromatic rings. The van der Waals surface area contributed by atoms with Crippen LogP contribution in [0.2, 0.25) is 0 Å². The highest BCUT2D eigenvalue weighted by Gasteiger charge is 2.32. The van der Waals surface area contributed by atoms with Crippen molar-refractivity contribution in [2.75, 3.05) is 0 Å². The Morgan fingerprint density at radius 2 is 1.96 bits per heavy atom. The Hall–Kier alpha value is -2.82. The van der Waals surface area contributed by atoms with E-state index in [2.05, 4.69) is 22.4 Å². The summed E-state index contributed by atoms with van der Waals surface area (Å²) in [4.78, 5) is 27.6. The number of amides is 1. The first-order valence-corrected chi connectivity index (χ1v) is 8.57. The number of nitrogens with one attached hydrogen (secondary N) is 2. The zero-order valence-electron chi connectivity index (χ0n) is 14.4. The van der Waals surface area contributed by atoms with Gasteiger partial charge in [-0.3, -0.25) is 9.59 Å². The van der Waals surface area contributed by atoms with E-state index in [9.17, 15) is 9.59 Å². The summed E-state index contributed by atoms with van der Waals surface area (Å²) in [6, 6.07) is 10.5. The average molecular weight is 335 g/mol. The average Bonchev–Trinajstić information content (AvgIpc) is 2.93. The number of nitrogens with zero attached hydrogens (tertiary/aromatic N) is 1. The fourth-order valence-corrected chi connectivity index (χ4v) is 3.81. The first kappa shape index (κ1) is 15.7. The van der Waals surface area contributed by atoms with Crippen LogP contribution in [0.5, 0.6) is 0 Å². The molecule has 1 fully saturated rings. The third-order valence-electron chi connectivity index (χ3n) is 5.19. The fourth-order valence-electron chi connectivity index (χ4n) is 3.81. The Labute approximate surface area is 145 Å². The number of aromatic amines is 1. The van der Waals surface area contributed by atoms with E-state index >= 15 is 0 Å². The topological polar surface area (TPSA) is 66.9 Å². The Bertz CT molecular complexity index is 995. The van der Waals surface area contributed by atoms with Gasteiger partial charge in [-0.05, 0) is 36.8 Å². The van der Waals surface area contributed by atoms with Crippen molar-refractivity contribution in [3.05, 3.63) is 69.8 Å². The van der Waals surface area contributed by atoms with Gasteiger partial charge in [0.1, 0.15) is 0 Å². The standard InChI is InChI=1S/C20H21N3O2/c1-12-10-21-20(25)17-16(11-23(2)18(12)17)19(24)22-15-8-14(9-15)13-6-4-3-5-7-13/h3-7,10-11,14-15H,8-9H2,1-2H3,(H,21,25)(H,22,24). The van der Waals surface area contributed by atoms with Crippen LogP contribution in [-0.2, 0) is 7.05 Å². The Morgan fingerprint density at radius 3 is 2.68 bits per heavy atom. The van der Waals surface area contributed by atoms with E-state index in [-0.39, 0.29) is 17.5 Å². The van der Waals surface area contributed by atoms with Gasteiger partial charge in [-0.2, -0.15) is 0 Å². The van der Waals surface area contributed by atoms with E-state index in [0.29, 0.717) is 16.9 Å². The molecule has 2 heterocycles. The van der Waals surface area contributed by atoms with Crippen molar-refractivity contribution in [3.8, 4) is 0 Å². The fraction of sp³-hybridized carbons (Fsp3) is 0.300. The molecule has 0 atom stereocenters. The van der Waals surface area contributed by atoms with Crippen LogP contribution in [0.25, 0.3) is 10.9 Å². The number of aryl methyl sites for hydroxylation is 2. The number of rotatable bonds is 3. The van der Waals surface area contributed by atoms with E-state index in [1.807, 2.05) is 36.7 Å². The molecule has 4 rings (SSSR count). The van der Waals surface area contributed by atoms with Gasteiger partial charge in [0, 0.05) is 25.5 Å². The summed E-state index contributed by atoms with van der Waals surface area (Å²) >= 11 is 0. The molecule has 5 heteroatoms. The smallest absolute Gasteiger partial charge is 0.258 e. The molecule has 0 unspecified atom stereocenters. The number of hydrogen-bond acceptors (Lipinski definition) is 2. The van der Waals surface area contributed by atoms with Crippen molar-refractivity contribution in [3.63, 3.8) is 0 Å². The number of carbonyl (C=O) groups is 1. The summed E-state index contributed by atoms with van der Waals surface area (Å²) in [5.74, 6) is 0.336. The molecule has 1 aromatic carbocycles. The molecule has 0 bridgehead atoms. The van der Waals surface area contributed by atoms with Crippen LogP contribution in [0.3, 0.4) is 0 Å². The molecule has 1 aliphatic carbocycles. The monoisotopic (exact) mass is 335 g/mol. The predicted molar refractivity (Wildman–Crippen MR) is 97.9 cm³/mol. The van der Waals surface area contributed by atoms with Gasteiger partial charge in [-0.1, -0.05) is 30.3 Å². The van der Waals surface area contributed by atoms with Crippen molar-refractivity contribution in [1.82, 2.24) is 14.9 Å². The predicted octanol–water partition coefficient (Wildman–Crippen LogP) is 2.85. The molecule has 128 valence electrons. The molecule has 25 heavy (non-hydrogen) atoms. The largest absolute Gasteiger partial charge is 0.349 e. The zero-order chi connectivity index (χ0) is 17.6. The van der Waals surface area contributed by atoms with Crippen molar-refractivity contribution in [2.24, 2.45) is 7.05 Å². The molecule has 0 radical (unpaired) electrons. The van der Waals surface area contributed by atoms with Gasteiger partial charge in [0.2, 0.25) is 0 Å². The number of H-pyrrole nitrogens is 1. The van der Waals surface area contributed by atoms with Gasteiger partial charge >= 0.3 is 0 Å². The van der Waals surface area contributed by atoms with E-state index in [1.165, 1.54) is 5.56 Å². The van der Waals surface area contributed by atoms with Gasteiger partial charge < -0.3 is 14.9 Å². The molecule has 2 aromatic heterocycles. The van der Waals surface area contributed by atoms with Crippen LogP contribution in [-0.4, -0.2) is 21.5 Å². The van der Waals surface area contributed by atoms with Crippen LogP contribution < -0.4 is 10.9 Å². The van der Waals surface area contributed by atoms with Gasteiger partial charge in [-0.15, -0.1) is 0 Å². The first-order chi connectivity index (χ1) is 12.0. The molecule has 2 N–H and O–H groups in total. The van der Waals surface area contributed by atoms with E-state index in [4.69, 9.17) is 0 Å². The van der Waals surface area contributed by atoms with Crippen molar-refractivity contribution in [2.45, 2.75) is 31.7 Å². The maximum atomic E-state index is 12.7. The van der Waals surface area contributed by atoms with Crippen LogP contribution >= 0.6 is 0 Å². The molecule has 1 saturated carbocycles. The van der Waals surface area contributed by atoms with Crippen LogP contribution in [0.4, 0.5) is 0 Å². The van der Waals surface area contributed by atoms with Crippen molar-refractivity contribution < 1.29 is 4.79 Å². The number of pyridine rings is 1. The van der Waals surface area contributed by atoms with Crippen LogP contribution in [0.15, 0.2) is 47.5 Å². The van der Waals surface area contributed by atoms with Gasteiger partial charge in [0.25, 0.3) is 11.5 Å². The molecule has 5 nitrogen and oxygen atoms in total. The van der Waals surface area contributed by atoms with Gasteiger partial charge in [0.05, 0.1) is 16.5 Å². The number of aromatic nitrogens is 2. The minimum absolute atomic E-state index is 0.164. The molecule has 0 saturated heterocycles. The highest BCUT2D eigenvalue weighted by molar-refractivity contribution is 6.07. The highest BCUT2D eigenvalue weighted by Crippen LogP contribution is 2.36. The minimum Gasteiger partial charge on any atom is -0.349 e. The third kappa shape index (κ3) is 2.65. The van der Waals surface area contributed by atoms with Crippen LogP contribution in [0, 0.1) is 6.92 Å². The van der Waals surface area contributed by atoms with Gasteiger partial charge in [-0.25, -0.2) is 0 Å². The zero-order valence-corrected chi connectivity index (χ0v) is 14.4. The number of fused-ring (bicyclic) bond motifs is 1. The lowest BCUT2D eigenvalue weighted by Crippen LogP contribution is -2.43. The molecule has 1 amide bonds. The second-order valence-corrected chi connectivity index (χ2v) is 6.93. The molecule has 1 aliphatic rings. The lowest BCUT2D eigenvalue weighted by Gasteiger charge is -2.36.